The smallest absolute Gasteiger partial charge is 0.432 e. The van der Waals surface area contributed by atoms with Gasteiger partial charge >= 0.3 is 6.09 Å². The predicted molar refractivity (Wildman–Crippen MR) is 87.4 cm³/mol. The second-order valence-corrected chi connectivity index (χ2v) is 7.76. The molecular formula is C15H20N2O2S2. The molecule has 6 heteroatoms. The minimum atomic E-state index is -1.13. The molecule has 1 N–H and O–H groups in total. The molecule has 0 aromatic carbocycles. The standard InChI is InChI=1S/C15H20N2O2S2/c1-5-12-11(9-10-7-6-8-20-10)13(16-14(18)19)21-17(12)15(2,3)4/h6-8H,5,9H2,1-4H3,(H,18,19). The van der Waals surface area contributed by atoms with Crippen molar-refractivity contribution in [1.29, 1.82) is 0 Å². The van der Waals surface area contributed by atoms with Crippen LogP contribution < -0.4 is 4.67 Å². The van der Waals surface area contributed by atoms with E-state index in [2.05, 4.69) is 42.7 Å². The number of rotatable bonds is 3. The van der Waals surface area contributed by atoms with Gasteiger partial charge in [-0.25, -0.2) is 4.79 Å². The highest BCUT2D eigenvalue weighted by molar-refractivity contribution is 7.10. The van der Waals surface area contributed by atoms with Gasteiger partial charge in [0.05, 0.1) is 0 Å². The van der Waals surface area contributed by atoms with E-state index >= 15 is 0 Å². The van der Waals surface area contributed by atoms with Crippen molar-refractivity contribution in [2.24, 2.45) is 4.99 Å². The molecule has 0 spiro atoms. The van der Waals surface area contributed by atoms with Gasteiger partial charge in [0, 0.05) is 28.1 Å². The number of thiophene rings is 1. The normalized spacial score (nSPS) is 12.9. The van der Waals surface area contributed by atoms with Gasteiger partial charge in [-0.15, -0.1) is 11.3 Å². The van der Waals surface area contributed by atoms with E-state index in [1.54, 1.807) is 11.3 Å². The quantitative estimate of drug-likeness (QED) is 0.924. The number of aromatic nitrogens is 1. The number of nitrogens with zero attached hydrogens (tertiary/aromatic N) is 2. The Labute approximate surface area is 132 Å². The maximum Gasteiger partial charge on any atom is 0.432 e. The van der Waals surface area contributed by atoms with E-state index in [0.717, 1.165) is 18.4 Å². The fraction of sp³-hybridized carbons (Fsp3) is 0.467. The van der Waals surface area contributed by atoms with Crippen molar-refractivity contribution >= 4 is 29.0 Å². The SMILES string of the molecule is CCc1c(Cc2cccs2)c(=NC(=O)O)sn1C(C)(C)C. The summed E-state index contributed by atoms with van der Waals surface area (Å²) in [6.07, 6.45) is 0.475. The summed E-state index contributed by atoms with van der Waals surface area (Å²) in [7, 11) is 0. The van der Waals surface area contributed by atoms with E-state index in [1.807, 2.05) is 11.4 Å². The van der Waals surface area contributed by atoms with E-state index in [1.165, 1.54) is 22.1 Å². The van der Waals surface area contributed by atoms with Gasteiger partial charge < -0.3 is 5.11 Å². The summed E-state index contributed by atoms with van der Waals surface area (Å²) in [4.78, 5) is 16.0. The molecule has 0 radical (unpaired) electrons. The van der Waals surface area contributed by atoms with E-state index in [9.17, 15) is 4.79 Å². The fourth-order valence-electron chi connectivity index (χ4n) is 2.28. The van der Waals surface area contributed by atoms with Crippen LogP contribution in [-0.2, 0) is 18.4 Å². The van der Waals surface area contributed by atoms with Crippen molar-refractivity contribution in [2.75, 3.05) is 0 Å². The lowest BCUT2D eigenvalue weighted by molar-refractivity contribution is 0.205. The molecule has 21 heavy (non-hydrogen) atoms. The summed E-state index contributed by atoms with van der Waals surface area (Å²) < 4.78 is 2.81. The van der Waals surface area contributed by atoms with Crippen LogP contribution in [0.4, 0.5) is 4.79 Å². The van der Waals surface area contributed by atoms with Gasteiger partial charge in [0.15, 0.2) is 0 Å². The van der Waals surface area contributed by atoms with Crippen LogP contribution in [0, 0.1) is 0 Å². The van der Waals surface area contributed by atoms with E-state index < -0.39 is 6.09 Å². The molecule has 0 bridgehead atoms. The Kier molecular flexibility index (Phi) is 4.68. The first kappa shape index (κ1) is 16.0. The molecule has 0 saturated carbocycles. The summed E-state index contributed by atoms with van der Waals surface area (Å²) in [5.74, 6) is 0. The summed E-state index contributed by atoms with van der Waals surface area (Å²) >= 11 is 3.13. The van der Waals surface area contributed by atoms with Crippen molar-refractivity contribution in [3.05, 3.63) is 38.3 Å². The Morgan fingerprint density at radius 2 is 2.14 bits per heavy atom. The zero-order chi connectivity index (χ0) is 15.6. The van der Waals surface area contributed by atoms with Crippen LogP contribution in [0.15, 0.2) is 22.5 Å². The molecule has 0 aliphatic carbocycles. The Balaban J connectivity index is 2.64. The Bertz CT molecular complexity index is 688. The maximum atomic E-state index is 11.0. The largest absolute Gasteiger partial charge is 0.463 e. The Morgan fingerprint density at radius 1 is 1.43 bits per heavy atom. The first-order valence-electron chi connectivity index (χ1n) is 6.87. The monoisotopic (exact) mass is 324 g/mol. The van der Waals surface area contributed by atoms with Crippen LogP contribution in [0.25, 0.3) is 0 Å². The average Bonchev–Trinajstić information content (AvgIpc) is 2.97. The molecule has 2 aromatic rings. The van der Waals surface area contributed by atoms with Gasteiger partial charge in [0.2, 0.25) is 0 Å². The molecule has 2 rings (SSSR count). The first-order valence-corrected chi connectivity index (χ1v) is 8.52. The van der Waals surface area contributed by atoms with Gasteiger partial charge in [0.1, 0.15) is 4.67 Å². The zero-order valence-corrected chi connectivity index (χ0v) is 14.3. The van der Waals surface area contributed by atoms with Gasteiger partial charge in [-0.05, 0) is 50.2 Å². The van der Waals surface area contributed by atoms with Crippen molar-refractivity contribution in [2.45, 2.75) is 46.1 Å². The van der Waals surface area contributed by atoms with E-state index in [4.69, 9.17) is 5.11 Å². The van der Waals surface area contributed by atoms with Crippen LogP contribution in [0.2, 0.25) is 0 Å². The second-order valence-electron chi connectivity index (χ2n) is 5.79. The number of hydrogen-bond donors (Lipinski definition) is 1. The molecular weight excluding hydrogens is 304 g/mol. The number of carbonyl (C=O) groups is 1. The van der Waals surface area contributed by atoms with Gasteiger partial charge in [-0.3, -0.25) is 3.96 Å². The van der Waals surface area contributed by atoms with E-state index in [-0.39, 0.29) is 5.54 Å². The summed E-state index contributed by atoms with van der Waals surface area (Å²) in [5, 5.41) is 11.1. The van der Waals surface area contributed by atoms with Crippen molar-refractivity contribution < 1.29 is 9.90 Å². The van der Waals surface area contributed by atoms with Crippen LogP contribution in [0.3, 0.4) is 0 Å². The number of hydrogen-bond acceptors (Lipinski definition) is 3. The van der Waals surface area contributed by atoms with Crippen LogP contribution in [-0.4, -0.2) is 15.2 Å². The molecule has 1 amide bonds. The molecule has 0 fully saturated rings. The third-order valence-electron chi connectivity index (χ3n) is 3.10. The Hall–Kier alpha value is -1.40. The van der Waals surface area contributed by atoms with Crippen LogP contribution in [0.1, 0.15) is 43.8 Å². The molecule has 0 unspecified atom stereocenters. The maximum absolute atomic E-state index is 11.0. The topological polar surface area (TPSA) is 54.6 Å². The molecule has 0 aliphatic heterocycles. The molecule has 0 atom stereocenters. The van der Waals surface area contributed by atoms with Gasteiger partial charge in [-0.2, -0.15) is 4.99 Å². The summed E-state index contributed by atoms with van der Waals surface area (Å²) in [6, 6.07) is 4.09. The third-order valence-corrected chi connectivity index (χ3v) is 5.44. The molecule has 0 saturated heterocycles. The van der Waals surface area contributed by atoms with Gasteiger partial charge in [0.25, 0.3) is 0 Å². The molecule has 2 aromatic heterocycles. The van der Waals surface area contributed by atoms with Crippen molar-refractivity contribution in [1.82, 2.24) is 3.96 Å². The fourth-order valence-corrected chi connectivity index (χ4v) is 4.21. The Morgan fingerprint density at radius 3 is 2.62 bits per heavy atom. The summed E-state index contributed by atoms with van der Waals surface area (Å²) in [5.41, 5.74) is 2.15. The first-order chi connectivity index (χ1) is 9.82. The summed E-state index contributed by atoms with van der Waals surface area (Å²) in [6.45, 7) is 8.49. The van der Waals surface area contributed by atoms with Crippen molar-refractivity contribution in [3.8, 4) is 0 Å². The lowest BCUT2D eigenvalue weighted by atomic mass is 10.1. The molecule has 4 nitrogen and oxygen atoms in total. The predicted octanol–water partition coefficient (Wildman–Crippen LogP) is 4.10. The minimum Gasteiger partial charge on any atom is -0.463 e. The highest BCUT2D eigenvalue weighted by atomic mass is 32.1. The highest BCUT2D eigenvalue weighted by Crippen LogP contribution is 2.25. The average molecular weight is 324 g/mol. The van der Waals surface area contributed by atoms with Crippen LogP contribution >= 0.6 is 22.9 Å². The number of amides is 1. The lowest BCUT2D eigenvalue weighted by Crippen LogP contribution is -2.21. The van der Waals surface area contributed by atoms with Gasteiger partial charge in [-0.1, -0.05) is 13.0 Å². The molecule has 2 heterocycles. The highest BCUT2D eigenvalue weighted by Gasteiger charge is 2.22. The zero-order valence-electron chi connectivity index (χ0n) is 12.7. The third kappa shape index (κ3) is 3.63. The van der Waals surface area contributed by atoms with E-state index in [0.29, 0.717) is 4.67 Å². The lowest BCUT2D eigenvalue weighted by Gasteiger charge is -2.23. The number of carboxylic acid groups (broad SMARTS) is 1. The molecule has 0 aliphatic rings. The second kappa shape index (κ2) is 6.15. The minimum absolute atomic E-state index is 0.0769. The van der Waals surface area contributed by atoms with Crippen LogP contribution in [0.5, 0.6) is 0 Å². The molecule has 114 valence electrons. The van der Waals surface area contributed by atoms with Crippen molar-refractivity contribution in [3.63, 3.8) is 0 Å².